The van der Waals surface area contributed by atoms with E-state index in [0.717, 1.165) is 23.4 Å². The van der Waals surface area contributed by atoms with Gasteiger partial charge in [0.1, 0.15) is 0 Å². The van der Waals surface area contributed by atoms with Crippen LogP contribution in [0.1, 0.15) is 27.0 Å². The van der Waals surface area contributed by atoms with Crippen LogP contribution in [0.15, 0.2) is 77.8 Å². The lowest BCUT2D eigenvalue weighted by molar-refractivity contribution is 0.0697. The molecule has 0 bridgehead atoms. The van der Waals surface area contributed by atoms with Gasteiger partial charge in [0.25, 0.3) is 0 Å². The van der Waals surface area contributed by atoms with Crippen LogP contribution >= 0.6 is 0 Å². The number of rotatable bonds is 6. The molecule has 0 fully saturated rings. The Morgan fingerprint density at radius 1 is 0.968 bits per heavy atom. The molecule has 3 aromatic carbocycles. The number of hydrogen-bond donors (Lipinski definition) is 3. The smallest absolute Gasteiger partial charge is 0.335 e. The second-order valence-electron chi connectivity index (χ2n) is 7.65. The van der Waals surface area contributed by atoms with Gasteiger partial charge in [-0.15, -0.1) is 0 Å². The Labute approximate surface area is 180 Å². The van der Waals surface area contributed by atoms with Crippen LogP contribution in [-0.4, -0.2) is 45.9 Å². The zero-order chi connectivity index (χ0) is 22.0. The van der Waals surface area contributed by atoms with Gasteiger partial charge in [0, 0.05) is 23.0 Å². The van der Waals surface area contributed by atoms with Crippen molar-refractivity contribution < 1.29 is 15.0 Å². The lowest BCUT2D eigenvalue weighted by Gasteiger charge is -2.11. The molecule has 0 saturated carbocycles. The first-order chi connectivity index (χ1) is 14.9. The van der Waals surface area contributed by atoms with Crippen LogP contribution in [0.3, 0.4) is 0 Å². The van der Waals surface area contributed by atoms with E-state index >= 15 is 0 Å². The van der Waals surface area contributed by atoms with Crippen LogP contribution in [0.5, 0.6) is 5.88 Å². The second-order valence-corrected chi connectivity index (χ2v) is 7.65. The van der Waals surface area contributed by atoms with Crippen molar-refractivity contribution in [2.24, 2.45) is 4.99 Å². The van der Waals surface area contributed by atoms with Gasteiger partial charge in [0.05, 0.1) is 22.5 Å². The van der Waals surface area contributed by atoms with E-state index in [1.54, 1.807) is 6.07 Å². The Balaban J connectivity index is 1.91. The molecule has 0 aliphatic heterocycles. The van der Waals surface area contributed by atoms with Crippen molar-refractivity contribution in [3.8, 4) is 5.88 Å². The highest BCUT2D eigenvalue weighted by Crippen LogP contribution is 2.32. The van der Waals surface area contributed by atoms with Gasteiger partial charge in [-0.3, -0.25) is 0 Å². The number of nitrogens with one attached hydrogen (secondary N) is 1. The van der Waals surface area contributed by atoms with E-state index in [0.29, 0.717) is 22.2 Å². The van der Waals surface area contributed by atoms with Crippen molar-refractivity contribution in [2.45, 2.75) is 6.54 Å². The number of aromatic hydroxyl groups is 1. The summed E-state index contributed by atoms with van der Waals surface area (Å²) in [7, 11) is 4.03. The number of carboxylic acid groups (broad SMARTS) is 1. The summed E-state index contributed by atoms with van der Waals surface area (Å²) in [6, 6.07) is 22.4. The Morgan fingerprint density at radius 3 is 2.45 bits per heavy atom. The van der Waals surface area contributed by atoms with Crippen LogP contribution in [0.25, 0.3) is 10.9 Å². The molecule has 1 aromatic heterocycles. The largest absolute Gasteiger partial charge is 0.494 e. The molecule has 31 heavy (non-hydrogen) atoms. The first-order valence-electron chi connectivity index (χ1n) is 9.88. The third-order valence-corrected chi connectivity index (χ3v) is 4.96. The molecule has 0 aliphatic carbocycles. The van der Waals surface area contributed by atoms with E-state index in [-0.39, 0.29) is 11.4 Å². The van der Waals surface area contributed by atoms with E-state index < -0.39 is 5.97 Å². The third-order valence-electron chi connectivity index (χ3n) is 4.96. The predicted octanol–water partition coefficient (Wildman–Crippen LogP) is 4.80. The van der Waals surface area contributed by atoms with Crippen molar-refractivity contribution >= 4 is 28.3 Å². The quantitative estimate of drug-likeness (QED) is 0.396. The van der Waals surface area contributed by atoms with E-state index in [1.165, 1.54) is 12.1 Å². The summed E-state index contributed by atoms with van der Waals surface area (Å²) in [5.74, 6) is -1.07. The van der Waals surface area contributed by atoms with Gasteiger partial charge in [-0.1, -0.05) is 48.5 Å². The summed E-state index contributed by atoms with van der Waals surface area (Å²) in [5, 5.41) is 20.7. The minimum absolute atomic E-state index is 0.0513. The number of aliphatic imine (C=N–C) groups is 1. The number of carboxylic acids is 1. The molecule has 0 amide bonds. The van der Waals surface area contributed by atoms with Gasteiger partial charge in [0.2, 0.25) is 0 Å². The molecule has 4 rings (SSSR count). The third kappa shape index (κ3) is 4.34. The topological polar surface area (TPSA) is 88.9 Å². The first-order valence-corrected chi connectivity index (χ1v) is 9.88. The van der Waals surface area contributed by atoms with Gasteiger partial charge in [-0.2, -0.15) is 0 Å². The number of benzene rings is 3. The molecule has 156 valence electrons. The van der Waals surface area contributed by atoms with E-state index in [9.17, 15) is 15.0 Å². The summed E-state index contributed by atoms with van der Waals surface area (Å²) in [6.07, 6.45) is 0. The van der Waals surface area contributed by atoms with Crippen molar-refractivity contribution in [3.63, 3.8) is 0 Å². The molecule has 0 spiro atoms. The van der Waals surface area contributed by atoms with Gasteiger partial charge in [-0.25, -0.2) is 9.79 Å². The number of H-pyrrole nitrogens is 1. The van der Waals surface area contributed by atoms with Crippen molar-refractivity contribution in [1.29, 1.82) is 0 Å². The molecule has 0 saturated heterocycles. The second kappa shape index (κ2) is 8.45. The van der Waals surface area contributed by atoms with Crippen LogP contribution < -0.4 is 0 Å². The zero-order valence-electron chi connectivity index (χ0n) is 17.3. The van der Waals surface area contributed by atoms with Crippen LogP contribution in [0.2, 0.25) is 0 Å². The summed E-state index contributed by atoms with van der Waals surface area (Å²) in [4.78, 5) is 21.2. The molecular formula is C25H23N3O3. The zero-order valence-corrected chi connectivity index (χ0v) is 17.3. The Morgan fingerprint density at radius 2 is 1.74 bits per heavy atom. The van der Waals surface area contributed by atoms with E-state index in [2.05, 4.69) is 16.0 Å². The highest BCUT2D eigenvalue weighted by Gasteiger charge is 2.19. The first kappa shape index (κ1) is 20.4. The average molecular weight is 413 g/mol. The van der Waals surface area contributed by atoms with Gasteiger partial charge >= 0.3 is 5.97 Å². The SMILES string of the molecule is CN(C)Cc1cccc(N=C(c2ccccc2)c2c(O)[nH]c3cc(C(=O)O)ccc23)c1. The minimum atomic E-state index is -1.02. The molecular weight excluding hydrogens is 390 g/mol. The molecule has 3 N–H and O–H groups in total. The molecule has 6 heteroatoms. The molecule has 6 nitrogen and oxygen atoms in total. The van der Waals surface area contributed by atoms with Crippen LogP contribution in [-0.2, 0) is 6.54 Å². The number of aromatic carboxylic acids is 1. The van der Waals surface area contributed by atoms with Crippen molar-refractivity contribution in [1.82, 2.24) is 9.88 Å². The fourth-order valence-electron chi connectivity index (χ4n) is 3.64. The monoisotopic (exact) mass is 413 g/mol. The normalized spacial score (nSPS) is 11.9. The van der Waals surface area contributed by atoms with E-state index in [1.807, 2.05) is 62.6 Å². The Hall–Kier alpha value is -3.90. The molecule has 4 aromatic rings. The lowest BCUT2D eigenvalue weighted by Crippen LogP contribution is -2.10. The fourth-order valence-corrected chi connectivity index (χ4v) is 3.64. The maximum Gasteiger partial charge on any atom is 0.335 e. The van der Waals surface area contributed by atoms with Crippen molar-refractivity contribution in [2.75, 3.05) is 14.1 Å². The number of aromatic nitrogens is 1. The summed E-state index contributed by atoms with van der Waals surface area (Å²) in [6.45, 7) is 0.792. The van der Waals surface area contributed by atoms with Crippen LogP contribution in [0, 0.1) is 0 Å². The summed E-state index contributed by atoms with van der Waals surface area (Å²) >= 11 is 0. The Kier molecular flexibility index (Phi) is 5.56. The number of hydrogen-bond acceptors (Lipinski definition) is 4. The highest BCUT2D eigenvalue weighted by atomic mass is 16.4. The molecule has 0 radical (unpaired) electrons. The summed E-state index contributed by atoms with van der Waals surface area (Å²) < 4.78 is 0. The van der Waals surface area contributed by atoms with E-state index in [4.69, 9.17) is 4.99 Å². The highest BCUT2D eigenvalue weighted by molar-refractivity contribution is 6.22. The van der Waals surface area contributed by atoms with Gasteiger partial charge < -0.3 is 20.1 Å². The number of nitrogens with zero attached hydrogens (tertiary/aromatic N) is 2. The standard InChI is InChI=1S/C25H23N3O3/c1-28(2)15-16-7-6-10-19(13-16)26-23(17-8-4-3-5-9-17)22-20-12-11-18(25(30)31)14-21(20)27-24(22)29/h3-14,27,29H,15H2,1-2H3,(H,30,31). The predicted molar refractivity (Wildman–Crippen MR) is 122 cm³/mol. The maximum absolute atomic E-state index is 11.3. The number of aromatic amines is 1. The Bertz CT molecular complexity index is 1270. The maximum atomic E-state index is 11.3. The van der Waals surface area contributed by atoms with Crippen molar-refractivity contribution in [3.05, 3.63) is 95.1 Å². The number of carbonyl (C=O) groups is 1. The fraction of sp³-hybridized carbons (Fsp3) is 0.120. The summed E-state index contributed by atoms with van der Waals surface area (Å²) in [5.41, 5.74) is 4.58. The van der Waals surface area contributed by atoms with Crippen LogP contribution in [0.4, 0.5) is 5.69 Å². The lowest BCUT2D eigenvalue weighted by atomic mass is 10.00. The molecule has 0 atom stereocenters. The number of fused-ring (bicyclic) bond motifs is 1. The minimum Gasteiger partial charge on any atom is -0.494 e. The average Bonchev–Trinajstić information content (AvgIpc) is 3.07. The molecule has 0 unspecified atom stereocenters. The molecule has 0 aliphatic rings. The van der Waals surface area contributed by atoms with Gasteiger partial charge in [0.15, 0.2) is 5.88 Å². The molecule has 1 heterocycles. The van der Waals surface area contributed by atoms with Gasteiger partial charge in [-0.05, 0) is 43.9 Å².